The Balaban J connectivity index is 2.08. The summed E-state index contributed by atoms with van der Waals surface area (Å²) in [6.07, 6.45) is 1.18. The predicted molar refractivity (Wildman–Crippen MR) is 79.4 cm³/mol. The number of carboxylic acid groups (broad SMARTS) is 1. The van der Waals surface area contributed by atoms with Crippen LogP contribution in [0, 0.1) is 5.92 Å². The third kappa shape index (κ3) is 3.70. The highest BCUT2D eigenvalue weighted by Crippen LogP contribution is 2.19. The minimum atomic E-state index is -0.905. The fraction of sp³-hybridized carbons (Fsp3) is 0.600. The van der Waals surface area contributed by atoms with E-state index >= 15 is 0 Å². The largest absolute Gasteiger partial charge is 0.478 e. The number of likely N-dealkylation sites (tertiary alicyclic amines) is 1. The van der Waals surface area contributed by atoms with Crippen molar-refractivity contribution >= 4 is 11.8 Å². The Hall–Kier alpha value is -1.62. The Morgan fingerprint density at radius 3 is 2.85 bits per heavy atom. The Kier molecular flexibility index (Phi) is 4.60. The van der Waals surface area contributed by atoms with E-state index in [4.69, 9.17) is 5.11 Å². The molecule has 1 atom stereocenters. The zero-order valence-corrected chi connectivity index (χ0v) is 12.4. The lowest BCUT2D eigenvalue weighted by Crippen LogP contribution is -2.19. The quantitative estimate of drug-likeness (QED) is 0.864. The summed E-state index contributed by atoms with van der Waals surface area (Å²) >= 11 is 0. The number of anilines is 1. The number of hydrogen-bond acceptors (Lipinski definition) is 4. The maximum atomic E-state index is 11.2. The predicted octanol–water partition coefficient (Wildman–Crippen LogP) is 2.27. The minimum Gasteiger partial charge on any atom is -0.478 e. The van der Waals surface area contributed by atoms with Crippen LogP contribution in [0.3, 0.4) is 0 Å². The van der Waals surface area contributed by atoms with Crippen molar-refractivity contribution in [2.45, 2.75) is 26.2 Å². The lowest BCUT2D eigenvalue weighted by molar-refractivity contribution is 0.0696. The fourth-order valence-corrected chi connectivity index (χ4v) is 2.50. The third-order valence-corrected chi connectivity index (χ3v) is 3.74. The molecule has 2 rings (SSSR count). The molecule has 1 saturated heterocycles. The third-order valence-electron chi connectivity index (χ3n) is 3.74. The molecule has 0 saturated carbocycles. The van der Waals surface area contributed by atoms with E-state index < -0.39 is 5.97 Å². The molecule has 2 N–H and O–H groups in total. The normalized spacial score (nSPS) is 19.5. The van der Waals surface area contributed by atoms with Crippen molar-refractivity contribution in [3.05, 3.63) is 23.4 Å². The molecule has 1 aromatic heterocycles. The highest BCUT2D eigenvalue weighted by molar-refractivity contribution is 5.88. The summed E-state index contributed by atoms with van der Waals surface area (Å²) in [4.78, 5) is 18.0. The smallest absolute Gasteiger partial charge is 0.335 e. The first-order valence-corrected chi connectivity index (χ1v) is 7.13. The van der Waals surface area contributed by atoms with Crippen LogP contribution in [0.25, 0.3) is 0 Å². The van der Waals surface area contributed by atoms with Crippen molar-refractivity contribution in [2.24, 2.45) is 5.92 Å². The average molecular weight is 277 g/mol. The second kappa shape index (κ2) is 6.22. The van der Waals surface area contributed by atoms with Crippen molar-refractivity contribution in [3.63, 3.8) is 0 Å². The molecule has 110 valence electrons. The summed E-state index contributed by atoms with van der Waals surface area (Å²) in [6.45, 7) is 7.10. The lowest BCUT2D eigenvalue weighted by Gasteiger charge is -2.14. The summed E-state index contributed by atoms with van der Waals surface area (Å²) in [7, 11) is 2.13. The van der Waals surface area contributed by atoms with Crippen molar-refractivity contribution < 1.29 is 9.90 Å². The first-order valence-electron chi connectivity index (χ1n) is 7.13. The molecule has 0 aromatic carbocycles. The number of aromatic nitrogens is 1. The van der Waals surface area contributed by atoms with Gasteiger partial charge in [0, 0.05) is 18.8 Å². The standard InChI is InChI=1S/C15H23N3O2/c1-10(2)13-6-12(15(19)20)7-14(17-13)16-8-11-4-5-18(3)9-11/h6-7,10-11H,4-5,8-9H2,1-3H3,(H,16,17)(H,19,20). The molecule has 0 aliphatic carbocycles. The Labute approximate surface area is 120 Å². The van der Waals surface area contributed by atoms with Crippen molar-refractivity contribution in [3.8, 4) is 0 Å². The van der Waals surface area contributed by atoms with Gasteiger partial charge in [0.15, 0.2) is 0 Å². The van der Waals surface area contributed by atoms with E-state index in [1.807, 2.05) is 13.8 Å². The van der Waals surface area contributed by atoms with Gasteiger partial charge in [-0.05, 0) is 44.0 Å². The summed E-state index contributed by atoms with van der Waals surface area (Å²) in [5.41, 5.74) is 1.12. The zero-order chi connectivity index (χ0) is 14.7. The average Bonchev–Trinajstić information content (AvgIpc) is 2.81. The van der Waals surface area contributed by atoms with E-state index in [2.05, 4.69) is 22.2 Å². The molecule has 0 bridgehead atoms. The Morgan fingerprint density at radius 1 is 1.55 bits per heavy atom. The number of carboxylic acids is 1. The van der Waals surface area contributed by atoms with Gasteiger partial charge in [-0.1, -0.05) is 13.8 Å². The molecule has 5 heteroatoms. The van der Waals surface area contributed by atoms with Crippen molar-refractivity contribution in [1.29, 1.82) is 0 Å². The number of hydrogen-bond donors (Lipinski definition) is 2. The topological polar surface area (TPSA) is 65.5 Å². The highest BCUT2D eigenvalue weighted by Gasteiger charge is 2.19. The van der Waals surface area contributed by atoms with E-state index in [1.165, 1.54) is 6.42 Å². The van der Waals surface area contributed by atoms with E-state index in [-0.39, 0.29) is 5.92 Å². The summed E-state index contributed by atoms with van der Waals surface area (Å²) < 4.78 is 0. The molecular weight excluding hydrogens is 254 g/mol. The molecule has 1 unspecified atom stereocenters. The van der Waals surface area contributed by atoms with Gasteiger partial charge in [0.25, 0.3) is 0 Å². The lowest BCUT2D eigenvalue weighted by atomic mass is 10.1. The Bertz CT molecular complexity index is 488. The monoisotopic (exact) mass is 277 g/mol. The van der Waals surface area contributed by atoms with Crippen LogP contribution in [0.4, 0.5) is 5.82 Å². The fourth-order valence-electron chi connectivity index (χ4n) is 2.50. The molecule has 5 nitrogen and oxygen atoms in total. The van der Waals surface area contributed by atoms with Gasteiger partial charge in [-0.15, -0.1) is 0 Å². The van der Waals surface area contributed by atoms with E-state index in [1.54, 1.807) is 12.1 Å². The number of rotatable bonds is 5. The molecule has 1 aliphatic heterocycles. The van der Waals surface area contributed by atoms with Crippen LogP contribution in [-0.4, -0.2) is 47.6 Å². The maximum Gasteiger partial charge on any atom is 0.335 e. The molecule has 0 spiro atoms. The summed E-state index contributed by atoms with van der Waals surface area (Å²) in [6, 6.07) is 3.27. The van der Waals surface area contributed by atoms with Crippen LogP contribution in [-0.2, 0) is 0 Å². The van der Waals surface area contributed by atoms with Gasteiger partial charge in [0.1, 0.15) is 5.82 Å². The number of aromatic carboxylic acids is 1. The summed E-state index contributed by atoms with van der Waals surface area (Å²) in [5, 5.41) is 12.5. The first kappa shape index (κ1) is 14.8. The SMILES string of the molecule is CC(C)c1cc(C(=O)O)cc(NCC2CCN(C)C2)n1. The van der Waals surface area contributed by atoms with Crippen molar-refractivity contribution in [2.75, 3.05) is 32.0 Å². The zero-order valence-electron chi connectivity index (χ0n) is 12.4. The van der Waals surface area contributed by atoms with Crippen LogP contribution < -0.4 is 5.32 Å². The summed E-state index contributed by atoms with van der Waals surface area (Å²) in [5.74, 6) is 0.589. The molecule has 0 radical (unpaired) electrons. The van der Waals surface area contributed by atoms with Gasteiger partial charge in [0.05, 0.1) is 5.56 Å². The molecule has 2 heterocycles. The van der Waals surface area contributed by atoms with Crippen molar-refractivity contribution in [1.82, 2.24) is 9.88 Å². The minimum absolute atomic E-state index is 0.215. The second-order valence-electron chi connectivity index (χ2n) is 5.92. The molecule has 1 aliphatic rings. The van der Waals surface area contributed by atoms with Gasteiger partial charge >= 0.3 is 5.97 Å². The Morgan fingerprint density at radius 2 is 2.30 bits per heavy atom. The number of nitrogens with zero attached hydrogens (tertiary/aromatic N) is 2. The molecular formula is C15H23N3O2. The number of pyridine rings is 1. The van der Waals surface area contributed by atoms with Crippen LogP contribution in [0.15, 0.2) is 12.1 Å². The molecule has 20 heavy (non-hydrogen) atoms. The second-order valence-corrected chi connectivity index (χ2v) is 5.92. The molecule has 1 fully saturated rings. The van der Waals surface area contributed by atoms with Gasteiger partial charge in [0.2, 0.25) is 0 Å². The van der Waals surface area contributed by atoms with Crippen LogP contribution in [0.2, 0.25) is 0 Å². The number of nitrogens with one attached hydrogen (secondary N) is 1. The van der Waals surface area contributed by atoms with Crippen LogP contribution >= 0.6 is 0 Å². The van der Waals surface area contributed by atoms with Gasteiger partial charge in [-0.3, -0.25) is 0 Å². The highest BCUT2D eigenvalue weighted by atomic mass is 16.4. The molecule has 0 amide bonds. The first-order chi connectivity index (χ1) is 9.45. The van der Waals surface area contributed by atoms with E-state index in [0.29, 0.717) is 17.3 Å². The maximum absolute atomic E-state index is 11.2. The van der Waals surface area contributed by atoms with Crippen LogP contribution in [0.1, 0.15) is 42.2 Å². The van der Waals surface area contributed by atoms with Gasteiger partial charge in [-0.2, -0.15) is 0 Å². The van der Waals surface area contributed by atoms with Gasteiger partial charge < -0.3 is 15.3 Å². The van der Waals surface area contributed by atoms with E-state index in [9.17, 15) is 4.79 Å². The number of carbonyl (C=O) groups is 1. The van der Waals surface area contributed by atoms with Crippen LogP contribution in [0.5, 0.6) is 0 Å². The molecule has 1 aromatic rings. The van der Waals surface area contributed by atoms with Gasteiger partial charge in [-0.25, -0.2) is 9.78 Å². The van der Waals surface area contributed by atoms with E-state index in [0.717, 1.165) is 25.3 Å².